The molecule has 0 fully saturated rings. The third kappa shape index (κ3) is 2.45. The Balaban J connectivity index is 2.25. The molecule has 0 saturated carbocycles. The Bertz CT molecular complexity index is 683. The van der Waals surface area contributed by atoms with Crippen molar-refractivity contribution in [2.45, 2.75) is 12.8 Å². The minimum atomic E-state index is 0.0312. The molecule has 0 aliphatic rings. The fraction of sp³-hybridized carbons (Fsp3) is 0.176. The van der Waals surface area contributed by atoms with E-state index in [0.717, 1.165) is 33.3 Å². The summed E-state index contributed by atoms with van der Waals surface area (Å²) in [6.07, 6.45) is 3.86. The van der Waals surface area contributed by atoms with Gasteiger partial charge in [0.15, 0.2) is 0 Å². The smallest absolute Gasteiger partial charge is 0.123 e. The summed E-state index contributed by atoms with van der Waals surface area (Å²) in [6.45, 7) is 2.03. The number of rotatable bonds is 4. The summed E-state index contributed by atoms with van der Waals surface area (Å²) < 4.78 is 5.57. The summed E-state index contributed by atoms with van der Waals surface area (Å²) in [6, 6.07) is 11.9. The molecular weight excluding hydrogens is 284 g/mol. The van der Waals surface area contributed by atoms with Crippen molar-refractivity contribution in [1.29, 1.82) is 0 Å². The van der Waals surface area contributed by atoms with Crippen LogP contribution in [0.2, 0.25) is 5.02 Å². The zero-order valence-electron chi connectivity index (χ0n) is 12.0. The highest BCUT2D eigenvalue weighted by molar-refractivity contribution is 6.31. The van der Waals surface area contributed by atoms with Gasteiger partial charge in [0.1, 0.15) is 5.75 Å². The van der Waals surface area contributed by atoms with Gasteiger partial charge in [-0.15, -0.1) is 0 Å². The predicted octanol–water partition coefficient (Wildman–Crippen LogP) is 4.49. The molecule has 3 aromatic rings. The van der Waals surface area contributed by atoms with E-state index < -0.39 is 0 Å². The number of nitrogens with one attached hydrogen (secondary N) is 2. The van der Waals surface area contributed by atoms with Gasteiger partial charge in [-0.3, -0.25) is 0 Å². The minimum absolute atomic E-state index is 0.0312. The van der Waals surface area contributed by atoms with E-state index in [4.69, 9.17) is 16.3 Å². The Kier molecular flexibility index (Phi) is 3.76. The standard InChI is InChI=1S/C17H17ClN2O/c1-11-12(18)7-8-15(21-2)16(11)17(13-5-3-9-19-13)14-6-4-10-20-14/h3-10,17,19-20H,1-2H3. The first-order valence-corrected chi connectivity index (χ1v) is 7.19. The fourth-order valence-electron chi connectivity index (χ4n) is 2.74. The van der Waals surface area contributed by atoms with Crippen LogP contribution in [-0.4, -0.2) is 17.1 Å². The van der Waals surface area contributed by atoms with E-state index in [1.54, 1.807) is 7.11 Å². The number of hydrogen-bond donors (Lipinski definition) is 2. The van der Waals surface area contributed by atoms with Crippen molar-refractivity contribution in [1.82, 2.24) is 9.97 Å². The molecule has 0 atom stereocenters. The van der Waals surface area contributed by atoms with Gasteiger partial charge < -0.3 is 14.7 Å². The van der Waals surface area contributed by atoms with Crippen LogP contribution in [0.5, 0.6) is 5.75 Å². The summed E-state index contributed by atoms with van der Waals surface area (Å²) >= 11 is 6.33. The van der Waals surface area contributed by atoms with Crippen LogP contribution in [0.25, 0.3) is 0 Å². The van der Waals surface area contributed by atoms with E-state index in [2.05, 4.69) is 22.1 Å². The average Bonchev–Trinajstić information content (AvgIpc) is 3.18. The predicted molar refractivity (Wildman–Crippen MR) is 85.3 cm³/mol. The molecule has 2 heterocycles. The zero-order valence-corrected chi connectivity index (χ0v) is 12.7. The SMILES string of the molecule is COc1ccc(Cl)c(C)c1C(c1ccc[nH]1)c1ccc[nH]1. The number of methoxy groups -OCH3 is 1. The van der Waals surface area contributed by atoms with Crippen LogP contribution in [0.15, 0.2) is 48.8 Å². The van der Waals surface area contributed by atoms with Crippen molar-refractivity contribution in [2.24, 2.45) is 0 Å². The maximum absolute atomic E-state index is 6.33. The monoisotopic (exact) mass is 300 g/mol. The van der Waals surface area contributed by atoms with Crippen LogP contribution in [0.4, 0.5) is 0 Å². The minimum Gasteiger partial charge on any atom is -0.496 e. The zero-order chi connectivity index (χ0) is 14.8. The average molecular weight is 301 g/mol. The van der Waals surface area contributed by atoms with E-state index in [1.165, 1.54) is 0 Å². The Hall–Kier alpha value is -2.13. The van der Waals surface area contributed by atoms with E-state index >= 15 is 0 Å². The van der Waals surface area contributed by atoms with Gasteiger partial charge in [0.25, 0.3) is 0 Å². The lowest BCUT2D eigenvalue weighted by molar-refractivity contribution is 0.408. The number of ether oxygens (including phenoxy) is 1. The molecule has 1 aromatic carbocycles. The molecule has 108 valence electrons. The molecule has 0 spiro atoms. The van der Waals surface area contributed by atoms with Crippen molar-refractivity contribution < 1.29 is 4.74 Å². The molecule has 0 amide bonds. The third-order valence-corrected chi connectivity index (χ3v) is 4.19. The summed E-state index contributed by atoms with van der Waals surface area (Å²) in [4.78, 5) is 6.61. The van der Waals surface area contributed by atoms with Crippen molar-refractivity contribution in [3.63, 3.8) is 0 Å². The number of aromatic nitrogens is 2. The van der Waals surface area contributed by atoms with Crippen LogP contribution in [-0.2, 0) is 0 Å². The topological polar surface area (TPSA) is 40.8 Å². The van der Waals surface area contributed by atoms with Gasteiger partial charge >= 0.3 is 0 Å². The largest absolute Gasteiger partial charge is 0.496 e. The molecule has 0 aliphatic carbocycles. The van der Waals surface area contributed by atoms with Crippen LogP contribution in [0.1, 0.15) is 28.4 Å². The van der Waals surface area contributed by atoms with Gasteiger partial charge in [0, 0.05) is 34.4 Å². The summed E-state index contributed by atoms with van der Waals surface area (Å²) in [7, 11) is 1.69. The number of H-pyrrole nitrogens is 2. The molecule has 4 heteroatoms. The highest BCUT2D eigenvalue weighted by atomic mass is 35.5. The number of aromatic amines is 2. The fourth-order valence-corrected chi connectivity index (χ4v) is 2.90. The molecule has 0 unspecified atom stereocenters. The molecular formula is C17H17ClN2O. The lowest BCUT2D eigenvalue weighted by Gasteiger charge is -2.21. The lowest BCUT2D eigenvalue weighted by atomic mass is 9.88. The molecule has 3 rings (SSSR count). The Morgan fingerprint density at radius 3 is 2.10 bits per heavy atom. The second kappa shape index (κ2) is 5.70. The molecule has 0 radical (unpaired) electrons. The summed E-state index contributed by atoms with van der Waals surface area (Å²) in [5.74, 6) is 0.870. The van der Waals surface area contributed by atoms with Crippen LogP contribution >= 0.6 is 11.6 Å². The first kappa shape index (κ1) is 13.8. The van der Waals surface area contributed by atoms with Gasteiger partial charge in [-0.25, -0.2) is 0 Å². The second-order valence-electron chi connectivity index (χ2n) is 4.97. The van der Waals surface area contributed by atoms with Gasteiger partial charge in [0.05, 0.1) is 13.0 Å². The molecule has 3 nitrogen and oxygen atoms in total. The normalized spacial score (nSPS) is 11.0. The molecule has 21 heavy (non-hydrogen) atoms. The van der Waals surface area contributed by atoms with Crippen LogP contribution in [0, 0.1) is 6.92 Å². The summed E-state index contributed by atoms with van der Waals surface area (Å²) in [5, 5.41) is 0.744. The summed E-state index contributed by atoms with van der Waals surface area (Å²) in [5.41, 5.74) is 4.31. The first-order chi connectivity index (χ1) is 10.2. The second-order valence-corrected chi connectivity index (χ2v) is 5.38. The maximum atomic E-state index is 6.33. The quantitative estimate of drug-likeness (QED) is 0.732. The van der Waals surface area contributed by atoms with Crippen LogP contribution < -0.4 is 4.74 Å². The van der Waals surface area contributed by atoms with Gasteiger partial charge in [-0.1, -0.05) is 11.6 Å². The van der Waals surface area contributed by atoms with E-state index in [9.17, 15) is 0 Å². The van der Waals surface area contributed by atoms with E-state index in [-0.39, 0.29) is 5.92 Å². The molecule has 2 N–H and O–H groups in total. The molecule has 0 saturated heterocycles. The third-order valence-electron chi connectivity index (χ3n) is 3.78. The van der Waals surface area contributed by atoms with E-state index in [1.807, 2.05) is 43.6 Å². The van der Waals surface area contributed by atoms with E-state index in [0.29, 0.717) is 0 Å². The number of benzene rings is 1. The molecule has 2 aromatic heterocycles. The van der Waals surface area contributed by atoms with Crippen molar-refractivity contribution in [3.8, 4) is 5.75 Å². The maximum Gasteiger partial charge on any atom is 0.123 e. The first-order valence-electron chi connectivity index (χ1n) is 6.82. The van der Waals surface area contributed by atoms with Gasteiger partial charge in [-0.05, 0) is 48.9 Å². The highest BCUT2D eigenvalue weighted by Crippen LogP contribution is 2.40. The lowest BCUT2D eigenvalue weighted by Crippen LogP contribution is -2.08. The molecule has 0 bridgehead atoms. The van der Waals surface area contributed by atoms with Gasteiger partial charge in [0.2, 0.25) is 0 Å². The van der Waals surface area contributed by atoms with Crippen LogP contribution in [0.3, 0.4) is 0 Å². The molecule has 0 aliphatic heterocycles. The van der Waals surface area contributed by atoms with Crippen molar-refractivity contribution in [3.05, 3.63) is 76.3 Å². The highest BCUT2D eigenvalue weighted by Gasteiger charge is 2.25. The Morgan fingerprint density at radius 2 is 1.62 bits per heavy atom. The Morgan fingerprint density at radius 1 is 1.00 bits per heavy atom. The van der Waals surface area contributed by atoms with Gasteiger partial charge in [-0.2, -0.15) is 0 Å². The Labute approximate surface area is 128 Å². The number of halogens is 1. The van der Waals surface area contributed by atoms with Crippen molar-refractivity contribution >= 4 is 11.6 Å². The van der Waals surface area contributed by atoms with Crippen molar-refractivity contribution in [2.75, 3.05) is 7.11 Å². The number of hydrogen-bond acceptors (Lipinski definition) is 1.